The lowest BCUT2D eigenvalue weighted by atomic mass is 10.1. The molecule has 2 amide bonds. The van der Waals surface area contributed by atoms with Gasteiger partial charge >= 0.3 is 12.0 Å². The highest BCUT2D eigenvalue weighted by Crippen LogP contribution is 2.15. The Labute approximate surface area is 124 Å². The summed E-state index contributed by atoms with van der Waals surface area (Å²) in [5, 5.41) is 14.5. The van der Waals surface area contributed by atoms with Crippen LogP contribution >= 0.6 is 0 Å². The quantitative estimate of drug-likeness (QED) is 0.752. The minimum atomic E-state index is -0.983. The van der Waals surface area contributed by atoms with E-state index in [2.05, 4.69) is 10.6 Å². The molecule has 0 aliphatic heterocycles. The van der Waals surface area contributed by atoms with Crippen LogP contribution in [0.2, 0.25) is 0 Å². The lowest BCUT2D eigenvalue weighted by molar-refractivity contribution is 0.0696. The third-order valence-corrected chi connectivity index (χ3v) is 3.18. The number of nitrogens with one attached hydrogen (secondary N) is 2. The summed E-state index contributed by atoms with van der Waals surface area (Å²) in [5.41, 5.74) is 1.37. The normalized spacial score (nSPS) is 12.0. The molecule has 0 heterocycles. The second-order valence-electron chi connectivity index (χ2n) is 5.24. The zero-order chi connectivity index (χ0) is 16.0. The molecule has 1 aromatic carbocycles. The van der Waals surface area contributed by atoms with Crippen LogP contribution < -0.4 is 10.6 Å². The fraction of sp³-hybridized carbons (Fsp3) is 0.467. The van der Waals surface area contributed by atoms with Crippen LogP contribution in [0.1, 0.15) is 29.8 Å². The number of aryl methyl sites for hydroxylation is 1. The van der Waals surface area contributed by atoms with Crippen molar-refractivity contribution in [3.8, 4) is 0 Å². The number of carboxylic acids is 1. The largest absolute Gasteiger partial charge is 0.478 e. The van der Waals surface area contributed by atoms with E-state index in [1.165, 1.54) is 6.07 Å². The van der Waals surface area contributed by atoms with Gasteiger partial charge in [0.25, 0.3) is 0 Å². The fourth-order valence-electron chi connectivity index (χ4n) is 1.90. The molecule has 0 radical (unpaired) electrons. The minimum Gasteiger partial charge on any atom is -0.478 e. The number of carbonyl (C=O) groups is 2. The van der Waals surface area contributed by atoms with Gasteiger partial charge in [-0.1, -0.05) is 13.8 Å². The van der Waals surface area contributed by atoms with E-state index in [4.69, 9.17) is 9.84 Å². The molecule has 21 heavy (non-hydrogen) atoms. The van der Waals surface area contributed by atoms with Crippen molar-refractivity contribution in [2.24, 2.45) is 5.92 Å². The number of amides is 2. The summed E-state index contributed by atoms with van der Waals surface area (Å²) in [6.45, 7) is 6.11. The number of carbonyl (C=O) groups excluding carboxylic acids is 1. The Bertz CT molecular complexity index is 514. The maximum absolute atomic E-state index is 11.9. The number of aromatic carboxylic acids is 1. The molecule has 0 aliphatic carbocycles. The molecule has 0 spiro atoms. The summed E-state index contributed by atoms with van der Waals surface area (Å²) >= 11 is 0. The Morgan fingerprint density at radius 3 is 2.48 bits per heavy atom. The van der Waals surface area contributed by atoms with Crippen molar-refractivity contribution in [1.29, 1.82) is 0 Å². The second kappa shape index (κ2) is 7.64. The minimum absolute atomic E-state index is 0.0885. The number of methoxy groups -OCH3 is 1. The van der Waals surface area contributed by atoms with E-state index < -0.39 is 5.97 Å². The fourth-order valence-corrected chi connectivity index (χ4v) is 1.90. The van der Waals surface area contributed by atoms with Crippen LogP contribution in [0, 0.1) is 12.8 Å². The molecular formula is C15H22N2O4. The molecule has 6 heteroatoms. The van der Waals surface area contributed by atoms with Crippen molar-refractivity contribution in [3.63, 3.8) is 0 Å². The Kier molecular flexibility index (Phi) is 6.17. The number of anilines is 1. The Hall–Kier alpha value is -2.08. The predicted molar refractivity (Wildman–Crippen MR) is 80.8 cm³/mol. The van der Waals surface area contributed by atoms with Gasteiger partial charge < -0.3 is 20.5 Å². The maximum atomic E-state index is 11.9. The average molecular weight is 294 g/mol. The SMILES string of the molecule is COCC(NC(=O)Nc1ccc(C(=O)O)c(C)c1)C(C)C. The number of hydrogen-bond donors (Lipinski definition) is 3. The van der Waals surface area contributed by atoms with Crippen molar-refractivity contribution in [2.45, 2.75) is 26.8 Å². The van der Waals surface area contributed by atoms with E-state index in [0.717, 1.165) is 0 Å². The number of urea groups is 1. The second-order valence-corrected chi connectivity index (χ2v) is 5.24. The Balaban J connectivity index is 2.70. The van der Waals surface area contributed by atoms with Crippen molar-refractivity contribution in [3.05, 3.63) is 29.3 Å². The monoisotopic (exact) mass is 294 g/mol. The lowest BCUT2D eigenvalue weighted by Gasteiger charge is -2.21. The number of ether oxygens (including phenoxy) is 1. The van der Waals surface area contributed by atoms with Crippen LogP contribution in [0.4, 0.5) is 10.5 Å². The summed E-state index contributed by atoms with van der Waals surface area (Å²) in [5.74, 6) is -0.740. The van der Waals surface area contributed by atoms with E-state index in [1.54, 1.807) is 26.2 Å². The lowest BCUT2D eigenvalue weighted by Crippen LogP contribution is -2.43. The maximum Gasteiger partial charge on any atom is 0.335 e. The Morgan fingerprint density at radius 2 is 2.00 bits per heavy atom. The highest BCUT2D eigenvalue weighted by Gasteiger charge is 2.16. The van der Waals surface area contributed by atoms with Crippen LogP contribution in [-0.4, -0.2) is 36.9 Å². The van der Waals surface area contributed by atoms with E-state index >= 15 is 0 Å². The molecular weight excluding hydrogens is 272 g/mol. The number of hydrogen-bond acceptors (Lipinski definition) is 3. The summed E-state index contributed by atoms with van der Waals surface area (Å²) in [4.78, 5) is 22.9. The van der Waals surface area contributed by atoms with Gasteiger partial charge in [-0.15, -0.1) is 0 Å². The van der Waals surface area contributed by atoms with Gasteiger partial charge in [0, 0.05) is 12.8 Å². The van der Waals surface area contributed by atoms with Gasteiger partial charge in [-0.2, -0.15) is 0 Å². The molecule has 0 saturated heterocycles. The standard InChI is InChI=1S/C15H22N2O4/c1-9(2)13(8-21-4)17-15(20)16-11-5-6-12(14(18)19)10(3)7-11/h5-7,9,13H,8H2,1-4H3,(H,18,19)(H2,16,17,20). The number of benzene rings is 1. The highest BCUT2D eigenvalue weighted by atomic mass is 16.5. The van der Waals surface area contributed by atoms with E-state index in [0.29, 0.717) is 17.9 Å². The first-order valence-corrected chi connectivity index (χ1v) is 6.75. The first-order chi connectivity index (χ1) is 9.85. The molecule has 0 saturated carbocycles. The Morgan fingerprint density at radius 1 is 1.33 bits per heavy atom. The average Bonchev–Trinajstić information content (AvgIpc) is 2.37. The third kappa shape index (κ3) is 5.07. The third-order valence-electron chi connectivity index (χ3n) is 3.18. The molecule has 0 fully saturated rings. The van der Waals surface area contributed by atoms with Crippen LogP contribution in [0.25, 0.3) is 0 Å². The summed E-state index contributed by atoms with van der Waals surface area (Å²) in [6, 6.07) is 4.24. The molecule has 1 unspecified atom stereocenters. The van der Waals surface area contributed by atoms with Gasteiger partial charge in [0.15, 0.2) is 0 Å². The molecule has 0 aliphatic rings. The summed E-state index contributed by atoms with van der Waals surface area (Å²) < 4.78 is 5.07. The molecule has 0 bridgehead atoms. The predicted octanol–water partition coefficient (Wildman–Crippen LogP) is 2.49. The van der Waals surface area contributed by atoms with Crippen LogP contribution in [0.15, 0.2) is 18.2 Å². The van der Waals surface area contributed by atoms with Crippen LogP contribution in [0.3, 0.4) is 0 Å². The van der Waals surface area contributed by atoms with Crippen LogP contribution in [0.5, 0.6) is 0 Å². The molecule has 1 aromatic rings. The molecule has 0 aromatic heterocycles. The summed E-state index contributed by atoms with van der Waals surface area (Å²) in [6.07, 6.45) is 0. The van der Waals surface area contributed by atoms with Crippen LogP contribution in [-0.2, 0) is 4.74 Å². The number of rotatable bonds is 6. The first-order valence-electron chi connectivity index (χ1n) is 6.75. The van der Waals surface area contributed by atoms with Gasteiger partial charge in [0.1, 0.15) is 0 Å². The van der Waals surface area contributed by atoms with Crippen molar-refractivity contribution in [2.75, 3.05) is 19.0 Å². The molecule has 6 nitrogen and oxygen atoms in total. The van der Waals surface area contributed by atoms with E-state index in [9.17, 15) is 9.59 Å². The van der Waals surface area contributed by atoms with Crippen molar-refractivity contribution < 1.29 is 19.4 Å². The van der Waals surface area contributed by atoms with E-state index in [-0.39, 0.29) is 23.6 Å². The van der Waals surface area contributed by atoms with Gasteiger partial charge in [-0.3, -0.25) is 0 Å². The zero-order valence-corrected chi connectivity index (χ0v) is 12.8. The smallest absolute Gasteiger partial charge is 0.335 e. The molecule has 1 atom stereocenters. The molecule has 116 valence electrons. The van der Waals surface area contributed by atoms with E-state index in [1.807, 2.05) is 13.8 Å². The van der Waals surface area contributed by atoms with Gasteiger partial charge in [-0.05, 0) is 36.6 Å². The highest BCUT2D eigenvalue weighted by molar-refractivity contribution is 5.92. The molecule has 1 rings (SSSR count). The first kappa shape index (κ1) is 17.0. The van der Waals surface area contributed by atoms with Crippen molar-refractivity contribution >= 4 is 17.7 Å². The number of carboxylic acid groups (broad SMARTS) is 1. The van der Waals surface area contributed by atoms with Gasteiger partial charge in [0.2, 0.25) is 0 Å². The van der Waals surface area contributed by atoms with Crippen molar-refractivity contribution in [1.82, 2.24) is 5.32 Å². The molecule has 3 N–H and O–H groups in total. The zero-order valence-electron chi connectivity index (χ0n) is 12.8. The van der Waals surface area contributed by atoms with Gasteiger partial charge in [0.05, 0.1) is 18.2 Å². The van der Waals surface area contributed by atoms with Gasteiger partial charge in [-0.25, -0.2) is 9.59 Å². The topological polar surface area (TPSA) is 87.7 Å². The summed E-state index contributed by atoms with van der Waals surface area (Å²) in [7, 11) is 1.59.